The molecular weight excluding hydrogens is 252 g/mol. The normalized spacial score (nSPS) is 10.1. The molecule has 0 heterocycles. The molecule has 0 atom stereocenters. The summed E-state index contributed by atoms with van der Waals surface area (Å²) in [5.41, 5.74) is 1.71. The second-order valence-electron chi connectivity index (χ2n) is 3.70. The molecule has 0 saturated heterocycles. The van der Waals surface area contributed by atoms with Gasteiger partial charge in [-0.15, -0.1) is 0 Å². The van der Waals surface area contributed by atoms with Gasteiger partial charge in [0.2, 0.25) is 0 Å². The number of phenolic OH excluding ortho intramolecular Hbond substituents is 1. The number of para-hydroxylation sites is 1. The number of halogens is 1. The molecule has 0 fully saturated rings. The van der Waals surface area contributed by atoms with E-state index in [9.17, 15) is 9.90 Å². The van der Waals surface area contributed by atoms with Crippen LogP contribution in [0.3, 0.4) is 0 Å². The summed E-state index contributed by atoms with van der Waals surface area (Å²) in [6.07, 6.45) is 0. The van der Waals surface area contributed by atoms with Crippen molar-refractivity contribution in [3.8, 4) is 16.9 Å². The lowest BCUT2D eigenvalue weighted by molar-refractivity contribution is 0.0601. The first-order chi connectivity index (χ1) is 8.63. The quantitative estimate of drug-likeness (QED) is 0.843. The summed E-state index contributed by atoms with van der Waals surface area (Å²) >= 11 is 6.02. The molecule has 2 rings (SSSR count). The molecule has 0 aliphatic heterocycles. The van der Waals surface area contributed by atoms with E-state index in [0.29, 0.717) is 16.1 Å². The number of carbonyl (C=O) groups excluding carboxylic acids is 1. The van der Waals surface area contributed by atoms with Crippen LogP contribution in [0.1, 0.15) is 10.4 Å². The topological polar surface area (TPSA) is 46.5 Å². The molecule has 0 bridgehead atoms. The van der Waals surface area contributed by atoms with E-state index >= 15 is 0 Å². The zero-order valence-corrected chi connectivity index (χ0v) is 10.4. The third-order valence-electron chi connectivity index (χ3n) is 2.59. The van der Waals surface area contributed by atoms with Crippen molar-refractivity contribution >= 4 is 17.6 Å². The summed E-state index contributed by atoms with van der Waals surface area (Å²) in [7, 11) is 1.30. The largest absolute Gasteiger partial charge is 0.507 e. The average Bonchev–Trinajstić information content (AvgIpc) is 2.38. The molecule has 92 valence electrons. The molecule has 1 N–H and O–H groups in total. The van der Waals surface area contributed by atoms with Gasteiger partial charge < -0.3 is 9.84 Å². The highest BCUT2D eigenvalue weighted by Gasteiger charge is 2.12. The van der Waals surface area contributed by atoms with Gasteiger partial charge in [0.15, 0.2) is 0 Å². The lowest BCUT2D eigenvalue weighted by atomic mass is 10.0. The molecule has 0 spiro atoms. The van der Waals surface area contributed by atoms with Gasteiger partial charge in [0, 0.05) is 5.56 Å². The van der Waals surface area contributed by atoms with E-state index in [1.165, 1.54) is 7.11 Å². The molecule has 2 aromatic rings. The fourth-order valence-electron chi connectivity index (χ4n) is 1.68. The van der Waals surface area contributed by atoms with Gasteiger partial charge in [0.05, 0.1) is 17.7 Å². The van der Waals surface area contributed by atoms with Crippen molar-refractivity contribution in [2.75, 3.05) is 7.11 Å². The number of carbonyl (C=O) groups is 1. The summed E-state index contributed by atoms with van der Waals surface area (Å²) in [6.45, 7) is 0. The Kier molecular flexibility index (Phi) is 3.53. The van der Waals surface area contributed by atoms with Gasteiger partial charge in [-0.3, -0.25) is 0 Å². The van der Waals surface area contributed by atoms with Gasteiger partial charge >= 0.3 is 5.97 Å². The van der Waals surface area contributed by atoms with Gasteiger partial charge in [0.1, 0.15) is 5.75 Å². The van der Waals surface area contributed by atoms with Crippen molar-refractivity contribution in [1.82, 2.24) is 0 Å². The van der Waals surface area contributed by atoms with Crippen LogP contribution in [0.5, 0.6) is 5.75 Å². The Morgan fingerprint density at radius 2 is 1.94 bits per heavy atom. The van der Waals surface area contributed by atoms with E-state index in [1.54, 1.807) is 36.4 Å². The fraction of sp³-hybridized carbons (Fsp3) is 0.0714. The minimum atomic E-state index is -0.483. The second kappa shape index (κ2) is 5.10. The molecule has 0 radical (unpaired) electrons. The van der Waals surface area contributed by atoms with Crippen LogP contribution < -0.4 is 0 Å². The zero-order chi connectivity index (χ0) is 13.1. The molecule has 0 saturated carbocycles. The number of phenols is 1. The number of ether oxygens (including phenoxy) is 1. The van der Waals surface area contributed by atoms with Gasteiger partial charge in [-0.05, 0) is 23.8 Å². The maximum Gasteiger partial charge on any atom is 0.339 e. The number of methoxy groups -OCH3 is 1. The highest BCUT2D eigenvalue weighted by atomic mass is 35.5. The molecule has 2 aromatic carbocycles. The smallest absolute Gasteiger partial charge is 0.339 e. The average molecular weight is 263 g/mol. The first-order valence-corrected chi connectivity index (χ1v) is 5.67. The molecule has 3 nitrogen and oxygen atoms in total. The summed E-state index contributed by atoms with van der Waals surface area (Å²) in [6, 6.07) is 11.8. The third-order valence-corrected chi connectivity index (χ3v) is 2.90. The van der Waals surface area contributed by atoms with Gasteiger partial charge in [-0.1, -0.05) is 35.9 Å². The highest BCUT2D eigenvalue weighted by Crippen LogP contribution is 2.31. The van der Waals surface area contributed by atoms with Crippen LogP contribution in [0, 0.1) is 0 Å². The Balaban J connectivity index is 2.47. The standard InChI is InChI=1S/C14H11ClO3/c1-18-14(17)11-7-6-9(8-12(11)15)10-4-2-3-5-13(10)16/h2-8,16H,1H3. The first kappa shape index (κ1) is 12.5. The Morgan fingerprint density at radius 3 is 2.56 bits per heavy atom. The molecule has 0 aliphatic carbocycles. The van der Waals surface area contributed by atoms with Crippen molar-refractivity contribution in [2.45, 2.75) is 0 Å². The predicted octanol–water partition coefficient (Wildman–Crippen LogP) is 3.50. The number of rotatable bonds is 2. The van der Waals surface area contributed by atoms with E-state index in [0.717, 1.165) is 5.56 Å². The lowest BCUT2D eigenvalue weighted by Crippen LogP contribution is -2.01. The van der Waals surface area contributed by atoms with E-state index in [-0.39, 0.29) is 5.75 Å². The number of benzene rings is 2. The highest BCUT2D eigenvalue weighted by molar-refractivity contribution is 6.33. The van der Waals surface area contributed by atoms with E-state index < -0.39 is 5.97 Å². The van der Waals surface area contributed by atoms with Crippen LogP contribution >= 0.6 is 11.6 Å². The molecule has 0 unspecified atom stereocenters. The van der Waals surface area contributed by atoms with Crippen molar-refractivity contribution in [1.29, 1.82) is 0 Å². The molecule has 0 aliphatic rings. The molecule has 4 heteroatoms. The number of aromatic hydroxyl groups is 1. The summed E-state index contributed by atoms with van der Waals surface area (Å²) in [5.74, 6) is -0.316. The molecule has 0 amide bonds. The maximum absolute atomic E-state index is 11.4. The first-order valence-electron chi connectivity index (χ1n) is 5.29. The number of esters is 1. The van der Waals surface area contributed by atoms with Crippen LogP contribution in [0.15, 0.2) is 42.5 Å². The Bertz CT molecular complexity index is 593. The minimum Gasteiger partial charge on any atom is -0.507 e. The van der Waals surface area contributed by atoms with Crippen LogP contribution in [-0.2, 0) is 4.74 Å². The van der Waals surface area contributed by atoms with Crippen molar-refractivity contribution in [3.63, 3.8) is 0 Å². The summed E-state index contributed by atoms with van der Waals surface area (Å²) < 4.78 is 4.61. The van der Waals surface area contributed by atoms with E-state index in [4.69, 9.17) is 11.6 Å². The zero-order valence-electron chi connectivity index (χ0n) is 9.68. The Labute approximate surface area is 110 Å². The molecular formula is C14H11ClO3. The number of hydrogen-bond donors (Lipinski definition) is 1. The SMILES string of the molecule is COC(=O)c1ccc(-c2ccccc2O)cc1Cl. The third kappa shape index (κ3) is 2.31. The predicted molar refractivity (Wildman–Crippen MR) is 69.9 cm³/mol. The van der Waals surface area contributed by atoms with Crippen LogP contribution in [-0.4, -0.2) is 18.2 Å². The summed E-state index contributed by atoms with van der Waals surface area (Å²) in [4.78, 5) is 11.4. The lowest BCUT2D eigenvalue weighted by Gasteiger charge is -2.07. The van der Waals surface area contributed by atoms with E-state index in [2.05, 4.69) is 4.74 Å². The molecule has 18 heavy (non-hydrogen) atoms. The van der Waals surface area contributed by atoms with Crippen molar-refractivity contribution < 1.29 is 14.6 Å². The maximum atomic E-state index is 11.4. The Hall–Kier alpha value is -2.00. The van der Waals surface area contributed by atoms with Gasteiger partial charge in [-0.25, -0.2) is 4.79 Å². The number of hydrogen-bond acceptors (Lipinski definition) is 3. The summed E-state index contributed by atoms with van der Waals surface area (Å²) in [5, 5.41) is 10.0. The van der Waals surface area contributed by atoms with E-state index in [1.807, 2.05) is 6.07 Å². The fourth-order valence-corrected chi connectivity index (χ4v) is 1.93. The second-order valence-corrected chi connectivity index (χ2v) is 4.11. The van der Waals surface area contributed by atoms with Crippen molar-refractivity contribution in [2.24, 2.45) is 0 Å². The van der Waals surface area contributed by atoms with Crippen LogP contribution in [0.25, 0.3) is 11.1 Å². The van der Waals surface area contributed by atoms with Crippen LogP contribution in [0.2, 0.25) is 5.02 Å². The van der Waals surface area contributed by atoms with Gasteiger partial charge in [-0.2, -0.15) is 0 Å². The van der Waals surface area contributed by atoms with Gasteiger partial charge in [0.25, 0.3) is 0 Å². The monoisotopic (exact) mass is 262 g/mol. The van der Waals surface area contributed by atoms with Crippen molar-refractivity contribution in [3.05, 3.63) is 53.1 Å². The minimum absolute atomic E-state index is 0.166. The van der Waals surface area contributed by atoms with Crippen LogP contribution in [0.4, 0.5) is 0 Å². The molecule has 0 aromatic heterocycles. The Morgan fingerprint density at radius 1 is 1.22 bits per heavy atom.